The molecule has 0 saturated carbocycles. The number of carbonyl (C=O) groups excluding carboxylic acids is 1. The summed E-state index contributed by atoms with van der Waals surface area (Å²) < 4.78 is 19.5. The van der Waals surface area contributed by atoms with Gasteiger partial charge in [0, 0.05) is 32.6 Å². The summed E-state index contributed by atoms with van der Waals surface area (Å²) in [5.41, 5.74) is 0.692. The van der Waals surface area contributed by atoms with Gasteiger partial charge in [0.25, 0.3) is 0 Å². The summed E-state index contributed by atoms with van der Waals surface area (Å²) in [4.78, 5) is 16.2. The fraction of sp³-hybridized carbons (Fsp3) is 0.579. The van der Waals surface area contributed by atoms with E-state index >= 15 is 0 Å². The van der Waals surface area contributed by atoms with Crippen LogP contribution in [0.4, 0.5) is 10.1 Å². The molecule has 2 unspecified atom stereocenters. The number of carbonyl (C=O) groups is 1. The molecule has 2 aliphatic rings. The zero-order valence-electron chi connectivity index (χ0n) is 14.6. The molecule has 0 aromatic heterocycles. The van der Waals surface area contributed by atoms with Crippen molar-refractivity contribution in [2.75, 3.05) is 31.1 Å². The number of rotatable bonds is 4. The van der Waals surface area contributed by atoms with Crippen molar-refractivity contribution in [1.29, 1.82) is 5.26 Å². The summed E-state index contributed by atoms with van der Waals surface area (Å²) in [5, 5.41) is 9.17. The molecule has 2 saturated heterocycles. The molecule has 1 aromatic carbocycles. The van der Waals surface area contributed by atoms with E-state index < -0.39 is 5.82 Å². The second-order valence-electron chi connectivity index (χ2n) is 6.80. The number of benzene rings is 1. The van der Waals surface area contributed by atoms with Gasteiger partial charge >= 0.3 is 0 Å². The molecule has 1 amide bonds. The lowest BCUT2D eigenvalue weighted by atomic mass is 10.1. The number of nitrogens with zero attached hydrogens (tertiary/aromatic N) is 3. The van der Waals surface area contributed by atoms with E-state index in [1.807, 2.05) is 15.9 Å². The number of hydrogen-bond acceptors (Lipinski definition) is 4. The number of piperazine rings is 1. The molecule has 134 valence electrons. The van der Waals surface area contributed by atoms with Crippen LogP contribution in [-0.2, 0) is 9.53 Å². The second-order valence-corrected chi connectivity index (χ2v) is 6.80. The molecule has 0 bridgehead atoms. The minimum absolute atomic E-state index is 0.0785. The summed E-state index contributed by atoms with van der Waals surface area (Å²) in [6.07, 6.45) is 3.94. The van der Waals surface area contributed by atoms with Crippen LogP contribution in [0.5, 0.6) is 0 Å². The lowest BCUT2D eigenvalue weighted by Crippen LogP contribution is -2.49. The number of hydrogen-bond donors (Lipinski definition) is 0. The Bertz CT molecular complexity index is 665. The van der Waals surface area contributed by atoms with E-state index in [1.165, 1.54) is 6.07 Å². The van der Waals surface area contributed by atoms with Gasteiger partial charge in [0.1, 0.15) is 17.4 Å². The van der Waals surface area contributed by atoms with Gasteiger partial charge in [-0.15, -0.1) is 0 Å². The van der Waals surface area contributed by atoms with Crippen LogP contribution in [-0.4, -0.2) is 49.2 Å². The maximum Gasteiger partial charge on any atom is 0.222 e. The molecular formula is C19H24FN3O2. The normalized spacial score (nSPS) is 23.6. The van der Waals surface area contributed by atoms with Crippen molar-refractivity contribution in [1.82, 2.24) is 4.90 Å². The van der Waals surface area contributed by atoms with Crippen LogP contribution in [0, 0.1) is 17.1 Å². The molecule has 25 heavy (non-hydrogen) atoms. The van der Waals surface area contributed by atoms with E-state index in [-0.39, 0.29) is 17.6 Å². The summed E-state index contributed by atoms with van der Waals surface area (Å²) in [6, 6.07) is 6.62. The van der Waals surface area contributed by atoms with Crippen LogP contribution < -0.4 is 4.90 Å². The van der Waals surface area contributed by atoms with Gasteiger partial charge in [0.05, 0.1) is 17.9 Å². The first-order valence-electron chi connectivity index (χ1n) is 8.95. The second kappa shape index (κ2) is 7.83. The maximum atomic E-state index is 13.8. The fourth-order valence-electron chi connectivity index (χ4n) is 3.62. The van der Waals surface area contributed by atoms with Crippen LogP contribution in [0.25, 0.3) is 0 Å². The number of amides is 1. The molecule has 0 spiro atoms. The van der Waals surface area contributed by atoms with E-state index in [1.54, 1.807) is 12.1 Å². The smallest absolute Gasteiger partial charge is 0.222 e. The molecule has 2 fully saturated rings. The van der Waals surface area contributed by atoms with Crippen LogP contribution in [0.3, 0.4) is 0 Å². The monoisotopic (exact) mass is 345 g/mol. The van der Waals surface area contributed by atoms with E-state index in [0.717, 1.165) is 19.3 Å². The molecule has 3 rings (SSSR count). The molecular weight excluding hydrogens is 321 g/mol. The molecule has 2 atom stereocenters. The molecule has 0 aliphatic carbocycles. The fourth-order valence-corrected chi connectivity index (χ4v) is 3.62. The number of nitriles is 1. The summed E-state index contributed by atoms with van der Waals surface area (Å²) >= 11 is 0. The van der Waals surface area contributed by atoms with E-state index in [2.05, 4.69) is 6.92 Å². The summed E-state index contributed by atoms with van der Waals surface area (Å²) in [5.74, 6) is -0.341. The highest BCUT2D eigenvalue weighted by Crippen LogP contribution is 2.25. The predicted octanol–water partition coefficient (Wildman–Crippen LogP) is 2.69. The maximum absolute atomic E-state index is 13.8. The molecule has 2 heterocycles. The highest BCUT2D eigenvalue weighted by molar-refractivity contribution is 5.76. The Morgan fingerprint density at radius 3 is 2.72 bits per heavy atom. The minimum atomic E-state index is -0.496. The van der Waals surface area contributed by atoms with Gasteiger partial charge in [-0.3, -0.25) is 4.79 Å². The average molecular weight is 345 g/mol. The van der Waals surface area contributed by atoms with Crippen molar-refractivity contribution in [3.8, 4) is 6.07 Å². The van der Waals surface area contributed by atoms with Crippen LogP contribution >= 0.6 is 0 Å². The summed E-state index contributed by atoms with van der Waals surface area (Å²) in [6.45, 7) is 4.49. The van der Waals surface area contributed by atoms with Crippen molar-refractivity contribution in [3.63, 3.8) is 0 Å². The van der Waals surface area contributed by atoms with Gasteiger partial charge in [0.2, 0.25) is 5.91 Å². The van der Waals surface area contributed by atoms with E-state index in [4.69, 9.17) is 10.00 Å². The number of anilines is 1. The van der Waals surface area contributed by atoms with E-state index in [9.17, 15) is 9.18 Å². The Labute approximate surface area is 148 Å². The molecule has 6 heteroatoms. The Balaban J connectivity index is 1.51. The number of ether oxygens (including phenoxy) is 1. The quantitative estimate of drug-likeness (QED) is 0.842. The third-order valence-electron chi connectivity index (χ3n) is 5.08. The van der Waals surface area contributed by atoms with Gasteiger partial charge in [-0.2, -0.15) is 5.26 Å². The van der Waals surface area contributed by atoms with Gasteiger partial charge in [-0.05, 0) is 38.3 Å². The van der Waals surface area contributed by atoms with Gasteiger partial charge in [0.15, 0.2) is 0 Å². The Morgan fingerprint density at radius 2 is 2.08 bits per heavy atom. The molecule has 5 nitrogen and oxygen atoms in total. The van der Waals surface area contributed by atoms with Crippen LogP contribution in [0.2, 0.25) is 0 Å². The van der Waals surface area contributed by atoms with Crippen LogP contribution in [0.15, 0.2) is 18.2 Å². The topological polar surface area (TPSA) is 56.6 Å². The van der Waals surface area contributed by atoms with Crippen LogP contribution in [0.1, 0.15) is 38.2 Å². The van der Waals surface area contributed by atoms with Gasteiger partial charge in [-0.1, -0.05) is 6.07 Å². The largest absolute Gasteiger partial charge is 0.375 e. The summed E-state index contributed by atoms with van der Waals surface area (Å²) in [7, 11) is 0. The van der Waals surface area contributed by atoms with E-state index in [0.29, 0.717) is 44.4 Å². The predicted molar refractivity (Wildman–Crippen MR) is 92.7 cm³/mol. The lowest BCUT2D eigenvalue weighted by Gasteiger charge is -2.36. The first-order valence-corrected chi connectivity index (χ1v) is 8.95. The molecule has 0 radical (unpaired) electrons. The Hall–Kier alpha value is -2.13. The highest BCUT2D eigenvalue weighted by Gasteiger charge is 2.26. The Kier molecular flexibility index (Phi) is 5.54. The molecule has 2 aliphatic heterocycles. The lowest BCUT2D eigenvalue weighted by molar-refractivity contribution is -0.132. The van der Waals surface area contributed by atoms with Crippen molar-refractivity contribution in [3.05, 3.63) is 29.6 Å². The standard InChI is InChI=1S/C19H24FN3O2/c1-14-5-6-15(25-14)7-8-19(24)23-11-9-22(10-12-23)18-4-2-3-17(20)16(18)13-21/h2-4,14-15H,5-12H2,1H3. The van der Waals surface area contributed by atoms with Gasteiger partial charge < -0.3 is 14.5 Å². The number of halogens is 1. The van der Waals surface area contributed by atoms with Crippen molar-refractivity contribution < 1.29 is 13.9 Å². The molecule has 0 N–H and O–H groups in total. The first-order chi connectivity index (χ1) is 12.1. The van der Waals surface area contributed by atoms with Crippen molar-refractivity contribution in [2.45, 2.75) is 44.8 Å². The van der Waals surface area contributed by atoms with Crippen molar-refractivity contribution in [2.24, 2.45) is 0 Å². The minimum Gasteiger partial charge on any atom is -0.375 e. The van der Waals surface area contributed by atoms with Crippen molar-refractivity contribution >= 4 is 11.6 Å². The Morgan fingerprint density at radius 1 is 1.32 bits per heavy atom. The SMILES string of the molecule is CC1CCC(CCC(=O)N2CCN(c3cccc(F)c3C#N)CC2)O1. The third kappa shape index (κ3) is 4.10. The average Bonchev–Trinajstić information content (AvgIpc) is 3.05. The van der Waals surface area contributed by atoms with Gasteiger partial charge in [-0.25, -0.2) is 4.39 Å². The highest BCUT2D eigenvalue weighted by atomic mass is 19.1. The zero-order chi connectivity index (χ0) is 17.8. The molecule has 1 aromatic rings. The third-order valence-corrected chi connectivity index (χ3v) is 5.08. The first kappa shape index (κ1) is 17.7. The zero-order valence-corrected chi connectivity index (χ0v) is 14.6.